The lowest BCUT2D eigenvalue weighted by Crippen LogP contribution is -2.48. The molecule has 0 saturated heterocycles. The number of aromatic nitrogens is 3. The number of amides is 1. The highest BCUT2D eigenvalue weighted by Gasteiger charge is 2.16. The van der Waals surface area contributed by atoms with Crippen molar-refractivity contribution in [3.8, 4) is 0 Å². The minimum atomic E-state index is -0.257. The maximum Gasteiger partial charge on any atom is 0.345 e. The van der Waals surface area contributed by atoms with Crippen molar-refractivity contribution in [3.63, 3.8) is 0 Å². The van der Waals surface area contributed by atoms with Gasteiger partial charge in [-0.1, -0.05) is 0 Å². The van der Waals surface area contributed by atoms with E-state index in [4.69, 9.17) is 0 Å². The van der Waals surface area contributed by atoms with Gasteiger partial charge in [-0.05, 0) is 40.0 Å². The van der Waals surface area contributed by atoms with Gasteiger partial charge in [-0.25, -0.2) is 9.48 Å². The fourth-order valence-corrected chi connectivity index (χ4v) is 2.88. The normalized spacial score (nSPS) is 14.1. The summed E-state index contributed by atoms with van der Waals surface area (Å²) in [6.45, 7) is 7.95. The van der Waals surface area contributed by atoms with Crippen LogP contribution in [-0.2, 0) is 24.3 Å². The van der Waals surface area contributed by atoms with Crippen molar-refractivity contribution < 1.29 is 4.79 Å². The van der Waals surface area contributed by atoms with Crippen LogP contribution in [0.2, 0.25) is 0 Å². The lowest BCUT2D eigenvalue weighted by molar-refractivity contribution is -0.121. The molecule has 0 fully saturated rings. The molecule has 154 valence electrons. The first-order chi connectivity index (χ1) is 12.3. The van der Waals surface area contributed by atoms with Crippen molar-refractivity contribution in [2.45, 2.75) is 65.1 Å². The van der Waals surface area contributed by atoms with Crippen molar-refractivity contribution >= 4 is 35.8 Å². The van der Waals surface area contributed by atoms with Crippen molar-refractivity contribution in [1.82, 2.24) is 30.3 Å². The monoisotopic (exact) mass is 493 g/mol. The van der Waals surface area contributed by atoms with E-state index < -0.39 is 0 Å². The first-order valence-corrected chi connectivity index (χ1v) is 9.22. The fourth-order valence-electron chi connectivity index (χ4n) is 2.88. The number of halogens is 1. The van der Waals surface area contributed by atoms with Crippen LogP contribution in [0.5, 0.6) is 0 Å². The molecule has 0 bridgehead atoms. The molecule has 0 spiro atoms. The van der Waals surface area contributed by atoms with Crippen LogP contribution in [0, 0.1) is 0 Å². The lowest BCUT2D eigenvalue weighted by Gasteiger charge is -2.21. The van der Waals surface area contributed by atoms with Gasteiger partial charge >= 0.3 is 5.69 Å². The van der Waals surface area contributed by atoms with E-state index in [1.165, 1.54) is 0 Å². The predicted octanol–water partition coefficient (Wildman–Crippen LogP) is 0.469. The molecule has 0 radical (unpaired) electrons. The summed E-state index contributed by atoms with van der Waals surface area (Å²) in [5.74, 6) is 1.37. The van der Waals surface area contributed by atoms with E-state index in [2.05, 4.69) is 26.0 Å². The second-order valence-electron chi connectivity index (χ2n) is 7.53. The first-order valence-electron chi connectivity index (χ1n) is 9.22. The maximum absolute atomic E-state index is 12.3. The zero-order valence-electron chi connectivity index (χ0n) is 16.7. The summed E-state index contributed by atoms with van der Waals surface area (Å²) in [5.41, 5.74) is -0.270. The summed E-state index contributed by atoms with van der Waals surface area (Å²) in [6, 6.07) is 0. The summed E-state index contributed by atoms with van der Waals surface area (Å²) in [5, 5.41) is 13.4. The Bertz CT molecular complexity index is 703. The van der Waals surface area contributed by atoms with E-state index in [-0.39, 0.29) is 47.7 Å². The third kappa shape index (κ3) is 7.51. The van der Waals surface area contributed by atoms with E-state index in [1.807, 2.05) is 20.8 Å². The van der Waals surface area contributed by atoms with Crippen molar-refractivity contribution in [3.05, 3.63) is 16.3 Å². The first kappa shape index (κ1) is 23.4. The lowest BCUT2D eigenvalue weighted by atomic mass is 10.1. The maximum atomic E-state index is 12.3. The molecular formula is C17H32IN7O2. The van der Waals surface area contributed by atoms with Gasteiger partial charge in [-0.15, -0.1) is 24.0 Å². The molecule has 1 aliphatic heterocycles. The quantitative estimate of drug-likeness (QED) is 0.231. The third-order valence-corrected chi connectivity index (χ3v) is 4.03. The molecule has 1 aliphatic rings. The highest BCUT2D eigenvalue weighted by Crippen LogP contribution is 2.09. The van der Waals surface area contributed by atoms with Crippen molar-refractivity contribution in [2.75, 3.05) is 20.1 Å². The Morgan fingerprint density at radius 3 is 2.63 bits per heavy atom. The average molecular weight is 493 g/mol. The van der Waals surface area contributed by atoms with Crippen LogP contribution in [0.4, 0.5) is 0 Å². The summed E-state index contributed by atoms with van der Waals surface area (Å²) in [7, 11) is 1.66. The molecule has 10 heteroatoms. The van der Waals surface area contributed by atoms with Crippen LogP contribution >= 0.6 is 24.0 Å². The van der Waals surface area contributed by atoms with Crippen LogP contribution in [0.1, 0.15) is 45.9 Å². The van der Waals surface area contributed by atoms with Crippen LogP contribution in [-0.4, -0.2) is 51.9 Å². The van der Waals surface area contributed by atoms with Gasteiger partial charge in [0.1, 0.15) is 5.82 Å². The standard InChI is InChI=1S/C17H31N7O2.HI/c1-17(2,3)21-14(25)12-20-15(18-4)19-9-7-11-24-16(26)23-10-6-5-8-13(23)22-24;/h5-12H2,1-4H3,(H,21,25)(H2,18,19,20);1H. The molecule has 0 unspecified atom stereocenters. The molecule has 2 heterocycles. The molecule has 3 N–H and O–H groups in total. The third-order valence-electron chi connectivity index (χ3n) is 4.03. The predicted molar refractivity (Wildman–Crippen MR) is 117 cm³/mol. The summed E-state index contributed by atoms with van der Waals surface area (Å²) in [4.78, 5) is 28.2. The van der Waals surface area contributed by atoms with Gasteiger partial charge in [-0.2, -0.15) is 5.10 Å². The molecule has 2 rings (SSSR count). The highest BCUT2D eigenvalue weighted by molar-refractivity contribution is 14.0. The number of hydrogen-bond acceptors (Lipinski definition) is 4. The van der Waals surface area contributed by atoms with E-state index in [0.717, 1.165) is 38.1 Å². The molecule has 1 aromatic heterocycles. The van der Waals surface area contributed by atoms with E-state index in [9.17, 15) is 9.59 Å². The Morgan fingerprint density at radius 1 is 1.26 bits per heavy atom. The largest absolute Gasteiger partial charge is 0.356 e. The second kappa shape index (κ2) is 10.7. The second-order valence-corrected chi connectivity index (χ2v) is 7.53. The molecule has 0 aromatic carbocycles. The number of carbonyl (C=O) groups is 1. The fraction of sp³-hybridized carbons (Fsp3) is 0.765. The van der Waals surface area contributed by atoms with Gasteiger partial charge in [0, 0.05) is 38.6 Å². The molecule has 27 heavy (non-hydrogen) atoms. The number of fused-ring (bicyclic) bond motifs is 1. The molecule has 1 amide bonds. The molecule has 0 atom stereocenters. The number of hydrogen-bond donors (Lipinski definition) is 3. The highest BCUT2D eigenvalue weighted by atomic mass is 127. The Morgan fingerprint density at radius 2 is 2.00 bits per heavy atom. The van der Waals surface area contributed by atoms with Crippen molar-refractivity contribution in [1.29, 1.82) is 0 Å². The van der Waals surface area contributed by atoms with Crippen LogP contribution in [0.3, 0.4) is 0 Å². The number of nitrogens with zero attached hydrogens (tertiary/aromatic N) is 4. The minimum Gasteiger partial charge on any atom is -0.356 e. The summed E-state index contributed by atoms with van der Waals surface area (Å²) >= 11 is 0. The van der Waals surface area contributed by atoms with E-state index in [0.29, 0.717) is 19.0 Å². The summed E-state index contributed by atoms with van der Waals surface area (Å²) in [6.07, 6.45) is 3.77. The Kier molecular flexibility index (Phi) is 9.27. The Labute approximate surface area is 177 Å². The number of nitrogens with one attached hydrogen (secondary N) is 3. The van der Waals surface area contributed by atoms with Gasteiger partial charge in [0.15, 0.2) is 5.96 Å². The minimum absolute atomic E-state index is 0. The van der Waals surface area contributed by atoms with Crippen LogP contribution in [0.15, 0.2) is 9.79 Å². The molecular weight excluding hydrogens is 461 g/mol. The molecule has 9 nitrogen and oxygen atoms in total. The Hall–Kier alpha value is -1.59. The zero-order valence-corrected chi connectivity index (χ0v) is 19.0. The van der Waals surface area contributed by atoms with E-state index in [1.54, 1.807) is 16.3 Å². The average Bonchev–Trinajstić information content (AvgIpc) is 2.89. The Balaban J connectivity index is 0.00000364. The molecule has 1 aromatic rings. The zero-order chi connectivity index (χ0) is 19.2. The molecule has 0 saturated carbocycles. The van der Waals surface area contributed by atoms with Gasteiger partial charge in [0.2, 0.25) is 5.91 Å². The van der Waals surface area contributed by atoms with E-state index >= 15 is 0 Å². The van der Waals surface area contributed by atoms with Crippen molar-refractivity contribution in [2.24, 2.45) is 4.99 Å². The SMILES string of the molecule is CN=C(NCCCn1nc2n(c1=O)CCCC2)NCC(=O)NC(C)(C)C.I. The number of carbonyl (C=O) groups excluding carboxylic acids is 1. The molecule has 0 aliphatic carbocycles. The van der Waals surface area contributed by atoms with Crippen LogP contribution < -0.4 is 21.6 Å². The summed E-state index contributed by atoms with van der Waals surface area (Å²) < 4.78 is 3.33. The van der Waals surface area contributed by atoms with Gasteiger partial charge < -0.3 is 16.0 Å². The number of rotatable bonds is 6. The number of aliphatic imine (C=N–C) groups is 1. The topological polar surface area (TPSA) is 105 Å². The van der Waals surface area contributed by atoms with Crippen LogP contribution in [0.25, 0.3) is 0 Å². The van der Waals surface area contributed by atoms with Gasteiger partial charge in [0.05, 0.1) is 6.54 Å². The van der Waals surface area contributed by atoms with Gasteiger partial charge in [0.25, 0.3) is 0 Å². The van der Waals surface area contributed by atoms with Gasteiger partial charge in [-0.3, -0.25) is 14.4 Å². The number of guanidine groups is 1. The number of aryl methyl sites for hydroxylation is 2. The smallest absolute Gasteiger partial charge is 0.345 e.